The Morgan fingerprint density at radius 3 is 2.68 bits per heavy atom. The number of hydrogen-bond acceptors (Lipinski definition) is 3. The maximum Gasteiger partial charge on any atom is 0.246 e. The summed E-state index contributed by atoms with van der Waals surface area (Å²) in [6.07, 6.45) is 3.51. The molecular formula is C14H14BrNOS2. The highest BCUT2D eigenvalue weighted by molar-refractivity contribution is 9.11. The Hall–Kier alpha value is -0.910. The summed E-state index contributed by atoms with van der Waals surface area (Å²) in [6.45, 7) is 2.70. The summed E-state index contributed by atoms with van der Waals surface area (Å²) < 4.78 is 1.09. The van der Waals surface area contributed by atoms with Gasteiger partial charge in [0.1, 0.15) is 0 Å². The van der Waals surface area contributed by atoms with E-state index in [2.05, 4.69) is 28.9 Å². The van der Waals surface area contributed by atoms with Crippen LogP contribution in [0.5, 0.6) is 0 Å². The molecule has 0 saturated heterocycles. The molecule has 0 fully saturated rings. The van der Waals surface area contributed by atoms with Gasteiger partial charge in [-0.25, -0.2) is 0 Å². The van der Waals surface area contributed by atoms with Crippen LogP contribution in [0.4, 0.5) is 0 Å². The number of nitrogens with zero attached hydrogens (tertiary/aromatic N) is 1. The molecule has 2 aromatic heterocycles. The summed E-state index contributed by atoms with van der Waals surface area (Å²) >= 11 is 6.76. The van der Waals surface area contributed by atoms with Crippen LogP contribution in [0.3, 0.4) is 0 Å². The van der Waals surface area contributed by atoms with Gasteiger partial charge in [-0.15, -0.1) is 22.7 Å². The molecule has 0 aliphatic rings. The van der Waals surface area contributed by atoms with Gasteiger partial charge in [0.05, 0.1) is 10.3 Å². The van der Waals surface area contributed by atoms with Gasteiger partial charge in [0.15, 0.2) is 0 Å². The summed E-state index contributed by atoms with van der Waals surface area (Å²) in [6, 6.07) is 8.12. The first kappa shape index (κ1) is 14.5. The molecular weight excluding hydrogens is 342 g/mol. The van der Waals surface area contributed by atoms with Crippen LogP contribution in [0.2, 0.25) is 0 Å². The lowest BCUT2D eigenvalue weighted by atomic mass is 10.3. The van der Waals surface area contributed by atoms with E-state index >= 15 is 0 Å². The summed E-state index contributed by atoms with van der Waals surface area (Å²) in [7, 11) is 1.82. The number of aryl methyl sites for hydroxylation is 1. The molecule has 19 heavy (non-hydrogen) atoms. The van der Waals surface area contributed by atoms with Crippen LogP contribution in [-0.4, -0.2) is 17.9 Å². The molecule has 2 nitrogen and oxygen atoms in total. The summed E-state index contributed by atoms with van der Waals surface area (Å²) in [5.74, 6) is 0.0237. The van der Waals surface area contributed by atoms with E-state index < -0.39 is 0 Å². The molecule has 0 saturated carbocycles. The van der Waals surface area contributed by atoms with Gasteiger partial charge < -0.3 is 4.90 Å². The monoisotopic (exact) mass is 355 g/mol. The zero-order chi connectivity index (χ0) is 13.8. The highest BCUT2D eigenvalue weighted by Crippen LogP contribution is 2.23. The zero-order valence-electron chi connectivity index (χ0n) is 10.7. The van der Waals surface area contributed by atoms with Crippen molar-refractivity contribution >= 4 is 50.6 Å². The molecule has 5 heteroatoms. The third-order valence-corrected chi connectivity index (χ3v) is 5.12. The van der Waals surface area contributed by atoms with E-state index in [1.807, 2.05) is 31.3 Å². The molecule has 2 aromatic rings. The van der Waals surface area contributed by atoms with Gasteiger partial charge >= 0.3 is 0 Å². The first-order valence-electron chi connectivity index (χ1n) is 5.78. The molecule has 0 N–H and O–H groups in total. The molecule has 0 spiro atoms. The van der Waals surface area contributed by atoms with Crippen molar-refractivity contribution in [2.75, 3.05) is 7.05 Å². The van der Waals surface area contributed by atoms with Crippen LogP contribution < -0.4 is 0 Å². The second-order valence-electron chi connectivity index (χ2n) is 4.18. The molecule has 2 heterocycles. The third-order valence-electron chi connectivity index (χ3n) is 2.55. The molecule has 1 amide bonds. The average Bonchev–Trinajstić information content (AvgIpc) is 2.95. The van der Waals surface area contributed by atoms with Crippen LogP contribution in [0.25, 0.3) is 6.08 Å². The van der Waals surface area contributed by atoms with Crippen molar-refractivity contribution in [1.82, 2.24) is 4.90 Å². The minimum atomic E-state index is 0.0237. The molecule has 0 aliphatic carbocycles. The van der Waals surface area contributed by atoms with Gasteiger partial charge in [-0.1, -0.05) is 0 Å². The van der Waals surface area contributed by atoms with E-state index in [0.717, 1.165) is 8.66 Å². The lowest BCUT2D eigenvalue weighted by molar-refractivity contribution is -0.125. The smallest absolute Gasteiger partial charge is 0.246 e. The van der Waals surface area contributed by atoms with E-state index in [-0.39, 0.29) is 5.91 Å². The quantitative estimate of drug-likeness (QED) is 0.736. The van der Waals surface area contributed by atoms with E-state index in [1.54, 1.807) is 33.6 Å². The standard InChI is InChI=1S/C14H14BrNOS2/c1-10-3-4-11(18-10)6-8-14(17)16(2)9-12-5-7-13(15)19-12/h3-8H,9H2,1-2H3/b8-6+. The Balaban J connectivity index is 1.94. The molecule has 0 aliphatic heterocycles. The number of halogens is 1. The zero-order valence-corrected chi connectivity index (χ0v) is 13.9. The van der Waals surface area contributed by atoms with E-state index in [0.29, 0.717) is 6.54 Å². The van der Waals surface area contributed by atoms with Gasteiger partial charge in [0.25, 0.3) is 0 Å². The van der Waals surface area contributed by atoms with Crippen molar-refractivity contribution in [2.45, 2.75) is 13.5 Å². The Bertz CT molecular complexity index is 600. The van der Waals surface area contributed by atoms with Crippen LogP contribution in [-0.2, 0) is 11.3 Å². The summed E-state index contributed by atoms with van der Waals surface area (Å²) in [5, 5.41) is 0. The van der Waals surface area contributed by atoms with Crippen LogP contribution in [0.15, 0.2) is 34.1 Å². The second kappa shape index (κ2) is 6.50. The Morgan fingerprint density at radius 1 is 1.32 bits per heavy atom. The first-order chi connectivity index (χ1) is 9.04. The molecule has 0 radical (unpaired) electrons. The van der Waals surface area contributed by atoms with Gasteiger partial charge in [0, 0.05) is 27.8 Å². The normalized spacial score (nSPS) is 11.1. The Kier molecular flexibility index (Phi) is 4.96. The number of thiophene rings is 2. The predicted octanol–water partition coefficient (Wildman–Crippen LogP) is 4.55. The molecule has 0 atom stereocenters. The Labute approximate surface area is 129 Å². The van der Waals surface area contributed by atoms with Gasteiger partial charge in [-0.05, 0) is 53.2 Å². The van der Waals surface area contributed by atoms with E-state index in [4.69, 9.17) is 0 Å². The van der Waals surface area contributed by atoms with Crippen molar-refractivity contribution in [3.05, 3.63) is 48.8 Å². The van der Waals surface area contributed by atoms with Gasteiger partial charge in [-0.3, -0.25) is 4.79 Å². The number of likely N-dealkylation sites (N-methyl/N-ethyl adjacent to an activating group) is 1. The number of amides is 1. The minimum Gasteiger partial charge on any atom is -0.337 e. The molecule has 0 bridgehead atoms. The second-order valence-corrected chi connectivity index (χ2v) is 8.05. The summed E-state index contributed by atoms with van der Waals surface area (Å²) in [4.78, 5) is 17.2. The number of rotatable bonds is 4. The van der Waals surface area contributed by atoms with Crippen LogP contribution in [0, 0.1) is 6.92 Å². The maximum absolute atomic E-state index is 12.0. The SMILES string of the molecule is Cc1ccc(/C=C/C(=O)N(C)Cc2ccc(Br)s2)s1. The largest absolute Gasteiger partial charge is 0.337 e. The predicted molar refractivity (Wildman–Crippen MR) is 86.6 cm³/mol. The highest BCUT2D eigenvalue weighted by atomic mass is 79.9. The van der Waals surface area contributed by atoms with E-state index in [1.165, 1.54) is 9.75 Å². The van der Waals surface area contributed by atoms with Gasteiger partial charge in [-0.2, -0.15) is 0 Å². The first-order valence-corrected chi connectivity index (χ1v) is 8.21. The number of carbonyl (C=O) groups excluding carboxylic acids is 1. The highest BCUT2D eigenvalue weighted by Gasteiger charge is 2.07. The molecule has 100 valence electrons. The lowest BCUT2D eigenvalue weighted by Crippen LogP contribution is -2.23. The molecule has 0 aromatic carbocycles. The van der Waals surface area contributed by atoms with Gasteiger partial charge in [0.2, 0.25) is 5.91 Å². The fourth-order valence-electron chi connectivity index (χ4n) is 1.57. The van der Waals surface area contributed by atoms with Crippen molar-refractivity contribution < 1.29 is 4.79 Å². The fraction of sp³-hybridized carbons (Fsp3) is 0.214. The minimum absolute atomic E-state index is 0.0237. The number of carbonyl (C=O) groups is 1. The maximum atomic E-state index is 12.0. The lowest BCUT2D eigenvalue weighted by Gasteiger charge is -2.13. The summed E-state index contributed by atoms with van der Waals surface area (Å²) in [5.41, 5.74) is 0. The van der Waals surface area contributed by atoms with Crippen LogP contribution in [0.1, 0.15) is 14.6 Å². The van der Waals surface area contributed by atoms with Crippen molar-refractivity contribution in [1.29, 1.82) is 0 Å². The topological polar surface area (TPSA) is 20.3 Å². The third kappa shape index (κ3) is 4.30. The van der Waals surface area contributed by atoms with Crippen molar-refractivity contribution in [2.24, 2.45) is 0 Å². The molecule has 2 rings (SSSR count). The van der Waals surface area contributed by atoms with Crippen molar-refractivity contribution in [3.8, 4) is 0 Å². The fourth-order valence-corrected chi connectivity index (χ4v) is 3.89. The number of hydrogen-bond donors (Lipinski definition) is 0. The Morgan fingerprint density at radius 2 is 2.11 bits per heavy atom. The molecule has 0 unspecified atom stereocenters. The average molecular weight is 356 g/mol. The van der Waals surface area contributed by atoms with E-state index in [9.17, 15) is 4.79 Å². The van der Waals surface area contributed by atoms with Crippen LogP contribution >= 0.6 is 38.6 Å². The van der Waals surface area contributed by atoms with Crippen molar-refractivity contribution in [3.63, 3.8) is 0 Å².